The normalized spacial score (nSPS) is 20.3. The summed E-state index contributed by atoms with van der Waals surface area (Å²) in [4.78, 5) is 14.4. The molecule has 1 unspecified atom stereocenters. The van der Waals surface area contributed by atoms with E-state index >= 15 is 0 Å². The summed E-state index contributed by atoms with van der Waals surface area (Å²) < 4.78 is 5.27. The van der Waals surface area contributed by atoms with Gasteiger partial charge < -0.3 is 15.0 Å². The molecule has 142 valence electrons. The van der Waals surface area contributed by atoms with E-state index in [9.17, 15) is 4.79 Å². The Hall–Kier alpha value is -1.81. The van der Waals surface area contributed by atoms with Crippen molar-refractivity contribution in [3.8, 4) is 5.75 Å². The van der Waals surface area contributed by atoms with Crippen LogP contribution in [0.1, 0.15) is 56.9 Å². The molecule has 1 atom stereocenters. The van der Waals surface area contributed by atoms with Gasteiger partial charge >= 0.3 is 0 Å². The predicted molar refractivity (Wildman–Crippen MR) is 105 cm³/mol. The topological polar surface area (TPSA) is 41.6 Å². The number of amides is 1. The number of nitrogens with zero attached hydrogens (tertiary/aromatic N) is 1. The highest BCUT2D eigenvalue weighted by Gasteiger charge is 2.30. The van der Waals surface area contributed by atoms with Crippen LogP contribution in [0.15, 0.2) is 35.9 Å². The van der Waals surface area contributed by atoms with Gasteiger partial charge in [-0.15, -0.1) is 0 Å². The summed E-state index contributed by atoms with van der Waals surface area (Å²) in [6.07, 6.45) is 11.3. The fraction of sp³-hybridized carbons (Fsp3) is 0.591. The van der Waals surface area contributed by atoms with Crippen LogP contribution in [0.4, 0.5) is 0 Å². The molecule has 4 nitrogen and oxygen atoms in total. The molecule has 4 heteroatoms. The lowest BCUT2D eigenvalue weighted by molar-refractivity contribution is -0.129. The van der Waals surface area contributed by atoms with Crippen LogP contribution in [0, 0.1) is 0 Å². The lowest BCUT2D eigenvalue weighted by Gasteiger charge is -2.26. The largest absolute Gasteiger partial charge is 0.497 e. The van der Waals surface area contributed by atoms with Gasteiger partial charge in [0.2, 0.25) is 5.91 Å². The van der Waals surface area contributed by atoms with Gasteiger partial charge in [-0.05, 0) is 69.2 Å². The zero-order chi connectivity index (χ0) is 18.2. The smallest absolute Gasteiger partial charge is 0.222 e. The van der Waals surface area contributed by atoms with Gasteiger partial charge in [0.15, 0.2) is 0 Å². The number of carbonyl (C=O) groups is 1. The van der Waals surface area contributed by atoms with Crippen LogP contribution in [0.2, 0.25) is 0 Å². The minimum atomic E-state index is 0.346. The molecule has 0 saturated carbocycles. The highest BCUT2D eigenvalue weighted by molar-refractivity contribution is 5.78. The van der Waals surface area contributed by atoms with Crippen LogP contribution < -0.4 is 10.1 Å². The molecule has 2 aliphatic rings. The molecule has 1 heterocycles. The van der Waals surface area contributed by atoms with Gasteiger partial charge in [0.1, 0.15) is 5.75 Å². The van der Waals surface area contributed by atoms with E-state index in [-0.39, 0.29) is 0 Å². The molecule has 1 aromatic rings. The standard InChI is InChI=1S/C22H32N2O2/c1-26-21-9-5-8-19(16-21)17-23-14-12-20-10-11-22(25)24(20)15-13-18-6-3-2-4-7-18/h5-6,8-9,16,20,23H,2-4,7,10-15,17H2,1H3. The quantitative estimate of drug-likeness (QED) is 0.536. The van der Waals surface area contributed by atoms with Crippen LogP contribution in [0.5, 0.6) is 5.75 Å². The van der Waals surface area contributed by atoms with Crippen molar-refractivity contribution in [2.75, 3.05) is 20.2 Å². The van der Waals surface area contributed by atoms with E-state index in [4.69, 9.17) is 4.74 Å². The van der Waals surface area contributed by atoms with Crippen molar-refractivity contribution in [3.05, 3.63) is 41.5 Å². The van der Waals surface area contributed by atoms with Crippen LogP contribution >= 0.6 is 0 Å². The second-order valence-electron chi connectivity index (χ2n) is 7.45. The fourth-order valence-electron chi connectivity index (χ4n) is 4.08. The molecule has 1 saturated heterocycles. The SMILES string of the molecule is COc1cccc(CNCCC2CCC(=O)N2CCC2=CCCCC2)c1. The average molecular weight is 357 g/mol. The van der Waals surface area contributed by atoms with Crippen molar-refractivity contribution < 1.29 is 9.53 Å². The Morgan fingerprint density at radius 1 is 1.27 bits per heavy atom. The highest BCUT2D eigenvalue weighted by Crippen LogP contribution is 2.25. The number of allylic oxidation sites excluding steroid dienone is 1. The summed E-state index contributed by atoms with van der Waals surface area (Å²) in [5.74, 6) is 1.24. The Balaban J connectivity index is 1.41. The Morgan fingerprint density at radius 3 is 3.00 bits per heavy atom. The first-order valence-corrected chi connectivity index (χ1v) is 10.1. The number of methoxy groups -OCH3 is 1. The molecule has 1 fully saturated rings. The van der Waals surface area contributed by atoms with Crippen LogP contribution in [-0.4, -0.2) is 37.0 Å². The maximum Gasteiger partial charge on any atom is 0.222 e. The molecular weight excluding hydrogens is 324 g/mol. The van der Waals surface area contributed by atoms with E-state index in [0.717, 1.165) is 51.1 Å². The van der Waals surface area contributed by atoms with Crippen molar-refractivity contribution in [1.29, 1.82) is 0 Å². The molecule has 1 amide bonds. The average Bonchev–Trinajstić information content (AvgIpc) is 3.04. The first kappa shape index (κ1) is 19.0. The van der Waals surface area contributed by atoms with Crippen molar-refractivity contribution in [2.24, 2.45) is 0 Å². The predicted octanol–water partition coefficient (Wildman–Crippen LogP) is 4.06. The second-order valence-corrected chi connectivity index (χ2v) is 7.45. The van der Waals surface area contributed by atoms with Gasteiger partial charge in [0.05, 0.1) is 7.11 Å². The zero-order valence-corrected chi connectivity index (χ0v) is 16.0. The van der Waals surface area contributed by atoms with Gasteiger partial charge in [-0.2, -0.15) is 0 Å². The van der Waals surface area contributed by atoms with Gasteiger partial charge in [0.25, 0.3) is 0 Å². The number of benzene rings is 1. The van der Waals surface area contributed by atoms with E-state index in [0.29, 0.717) is 11.9 Å². The van der Waals surface area contributed by atoms with E-state index in [1.54, 1.807) is 12.7 Å². The Kier molecular flexibility index (Phi) is 7.13. The van der Waals surface area contributed by atoms with Crippen molar-refractivity contribution in [1.82, 2.24) is 10.2 Å². The van der Waals surface area contributed by atoms with Gasteiger partial charge in [-0.25, -0.2) is 0 Å². The van der Waals surface area contributed by atoms with Crippen LogP contribution in [0.25, 0.3) is 0 Å². The molecule has 0 radical (unpaired) electrons. The number of carbonyl (C=O) groups excluding carboxylic acids is 1. The molecule has 1 aliphatic heterocycles. The number of ether oxygens (including phenoxy) is 1. The molecule has 0 bridgehead atoms. The van der Waals surface area contributed by atoms with Gasteiger partial charge in [-0.1, -0.05) is 23.8 Å². The summed E-state index contributed by atoms with van der Waals surface area (Å²) in [7, 11) is 1.70. The summed E-state index contributed by atoms with van der Waals surface area (Å²) >= 11 is 0. The lowest BCUT2D eigenvalue weighted by atomic mass is 9.97. The number of rotatable bonds is 9. The third kappa shape index (κ3) is 5.34. The minimum Gasteiger partial charge on any atom is -0.497 e. The minimum absolute atomic E-state index is 0.346. The van der Waals surface area contributed by atoms with Crippen molar-refractivity contribution in [3.63, 3.8) is 0 Å². The van der Waals surface area contributed by atoms with E-state index in [2.05, 4.69) is 28.4 Å². The molecule has 0 aromatic heterocycles. The van der Waals surface area contributed by atoms with Gasteiger partial charge in [0, 0.05) is 25.6 Å². The number of hydrogen-bond donors (Lipinski definition) is 1. The van der Waals surface area contributed by atoms with E-state index in [1.165, 1.54) is 31.2 Å². The number of hydrogen-bond acceptors (Lipinski definition) is 3. The summed E-state index contributed by atoms with van der Waals surface area (Å²) in [6, 6.07) is 8.57. The molecule has 1 aromatic carbocycles. The van der Waals surface area contributed by atoms with Gasteiger partial charge in [-0.3, -0.25) is 4.79 Å². The van der Waals surface area contributed by atoms with Crippen molar-refractivity contribution >= 4 is 5.91 Å². The fourth-order valence-corrected chi connectivity index (χ4v) is 4.08. The highest BCUT2D eigenvalue weighted by atomic mass is 16.5. The maximum absolute atomic E-state index is 12.3. The summed E-state index contributed by atoms with van der Waals surface area (Å²) in [6.45, 7) is 2.68. The molecule has 1 N–H and O–H groups in total. The summed E-state index contributed by atoms with van der Waals surface area (Å²) in [5.41, 5.74) is 2.79. The van der Waals surface area contributed by atoms with Crippen LogP contribution in [-0.2, 0) is 11.3 Å². The zero-order valence-electron chi connectivity index (χ0n) is 16.0. The number of likely N-dealkylation sites (tertiary alicyclic amines) is 1. The molecule has 0 spiro atoms. The lowest BCUT2D eigenvalue weighted by Crippen LogP contribution is -2.36. The number of nitrogens with one attached hydrogen (secondary N) is 1. The Morgan fingerprint density at radius 2 is 2.19 bits per heavy atom. The Bertz CT molecular complexity index is 626. The Labute approximate surface area is 157 Å². The van der Waals surface area contributed by atoms with E-state index in [1.807, 2.05) is 12.1 Å². The van der Waals surface area contributed by atoms with Crippen molar-refractivity contribution in [2.45, 2.75) is 64.0 Å². The monoisotopic (exact) mass is 356 g/mol. The third-order valence-corrected chi connectivity index (χ3v) is 5.63. The third-order valence-electron chi connectivity index (χ3n) is 5.63. The molecule has 1 aliphatic carbocycles. The van der Waals surface area contributed by atoms with Crippen LogP contribution in [0.3, 0.4) is 0 Å². The molecule has 3 rings (SSSR count). The summed E-state index contributed by atoms with van der Waals surface area (Å²) in [5, 5.41) is 3.52. The first-order valence-electron chi connectivity index (χ1n) is 10.1. The van der Waals surface area contributed by atoms with E-state index < -0.39 is 0 Å². The maximum atomic E-state index is 12.3. The molecule has 26 heavy (non-hydrogen) atoms. The molecular formula is C22H32N2O2. The first-order chi connectivity index (χ1) is 12.8. The second kappa shape index (κ2) is 9.77.